The van der Waals surface area contributed by atoms with E-state index in [2.05, 4.69) is 0 Å². The van der Waals surface area contributed by atoms with Crippen LogP contribution in [0.2, 0.25) is 0 Å². The van der Waals surface area contributed by atoms with E-state index in [4.69, 9.17) is 0 Å². The highest BCUT2D eigenvalue weighted by molar-refractivity contribution is 5.96. The topological polar surface area (TPSA) is 43.9 Å². The van der Waals surface area contributed by atoms with E-state index < -0.39 is 11.6 Å². The molecule has 0 aliphatic carbocycles. The monoisotopic (exact) mass is 337 g/mol. The molecule has 2 fully saturated rings. The molecule has 2 saturated heterocycles. The van der Waals surface area contributed by atoms with Gasteiger partial charge in [-0.05, 0) is 32.6 Å². The standard InChI is InChI=1S/C17H21F2N3O2/c1-20(2)9-16(24)21-6-5-17(10-21)8-15(23)22(11-17)12-3-4-13(18)14(19)7-12/h3-4,7H,5-6,8-11H2,1-2H3/t17-/m0/s1. The quantitative estimate of drug-likeness (QED) is 0.839. The van der Waals surface area contributed by atoms with E-state index >= 15 is 0 Å². The van der Waals surface area contributed by atoms with Crippen LogP contribution in [0.15, 0.2) is 18.2 Å². The molecule has 0 saturated carbocycles. The average Bonchev–Trinajstić information content (AvgIpc) is 3.05. The molecule has 3 rings (SSSR count). The zero-order valence-corrected chi connectivity index (χ0v) is 13.9. The number of hydrogen-bond acceptors (Lipinski definition) is 3. The van der Waals surface area contributed by atoms with Crippen molar-refractivity contribution in [1.82, 2.24) is 9.80 Å². The molecule has 2 aliphatic heterocycles. The van der Waals surface area contributed by atoms with Gasteiger partial charge >= 0.3 is 0 Å². The Morgan fingerprint density at radius 2 is 2.00 bits per heavy atom. The van der Waals surface area contributed by atoms with Gasteiger partial charge in [-0.1, -0.05) is 0 Å². The first-order valence-corrected chi connectivity index (χ1v) is 7.98. The van der Waals surface area contributed by atoms with Gasteiger partial charge in [0, 0.05) is 43.2 Å². The zero-order chi connectivity index (χ0) is 17.5. The number of hydrogen-bond donors (Lipinski definition) is 0. The Morgan fingerprint density at radius 1 is 1.25 bits per heavy atom. The lowest BCUT2D eigenvalue weighted by molar-refractivity contribution is -0.131. The van der Waals surface area contributed by atoms with Crippen LogP contribution in [0.4, 0.5) is 14.5 Å². The fourth-order valence-electron chi connectivity index (χ4n) is 3.58. The summed E-state index contributed by atoms with van der Waals surface area (Å²) in [7, 11) is 3.68. The smallest absolute Gasteiger partial charge is 0.236 e. The molecule has 2 heterocycles. The normalized spacial score (nSPS) is 23.8. The van der Waals surface area contributed by atoms with Gasteiger partial charge in [0.25, 0.3) is 0 Å². The van der Waals surface area contributed by atoms with Gasteiger partial charge in [-0.15, -0.1) is 0 Å². The summed E-state index contributed by atoms with van der Waals surface area (Å²) in [6, 6.07) is 3.50. The van der Waals surface area contributed by atoms with Crippen molar-refractivity contribution < 1.29 is 18.4 Å². The predicted octanol–water partition coefficient (Wildman–Crippen LogP) is 1.48. The van der Waals surface area contributed by atoms with Crippen LogP contribution in [0.25, 0.3) is 0 Å². The van der Waals surface area contributed by atoms with Gasteiger partial charge in [0.2, 0.25) is 11.8 Å². The average molecular weight is 337 g/mol. The Bertz CT molecular complexity index is 680. The highest BCUT2D eigenvalue weighted by Gasteiger charge is 2.48. The molecule has 130 valence electrons. The summed E-state index contributed by atoms with van der Waals surface area (Å²) in [5, 5.41) is 0. The molecule has 2 amide bonds. The van der Waals surface area contributed by atoms with Crippen LogP contribution in [0, 0.1) is 17.0 Å². The highest BCUT2D eigenvalue weighted by Crippen LogP contribution is 2.42. The molecule has 24 heavy (non-hydrogen) atoms. The van der Waals surface area contributed by atoms with Crippen LogP contribution in [0.1, 0.15) is 12.8 Å². The minimum atomic E-state index is -0.963. The predicted molar refractivity (Wildman–Crippen MR) is 85.5 cm³/mol. The number of anilines is 1. The van der Waals surface area contributed by atoms with Crippen molar-refractivity contribution in [2.24, 2.45) is 5.41 Å². The van der Waals surface area contributed by atoms with E-state index in [1.807, 2.05) is 19.0 Å². The van der Waals surface area contributed by atoms with E-state index in [0.717, 1.165) is 18.6 Å². The second-order valence-corrected chi connectivity index (χ2v) is 7.06. The zero-order valence-electron chi connectivity index (χ0n) is 13.9. The minimum absolute atomic E-state index is 0.0515. The molecular weight excluding hydrogens is 316 g/mol. The third-order valence-electron chi connectivity index (χ3n) is 4.78. The molecule has 2 aliphatic rings. The van der Waals surface area contributed by atoms with E-state index in [9.17, 15) is 18.4 Å². The van der Waals surface area contributed by atoms with Crippen LogP contribution in [0.3, 0.4) is 0 Å². The molecule has 7 heteroatoms. The van der Waals surface area contributed by atoms with Gasteiger partial charge in [0.05, 0.1) is 6.54 Å². The lowest BCUT2D eigenvalue weighted by Gasteiger charge is -2.25. The van der Waals surface area contributed by atoms with Gasteiger partial charge in [0.15, 0.2) is 11.6 Å². The molecule has 1 aromatic carbocycles. The van der Waals surface area contributed by atoms with E-state index in [1.54, 1.807) is 4.90 Å². The number of carbonyl (C=O) groups excluding carboxylic acids is 2. The third-order valence-corrected chi connectivity index (χ3v) is 4.78. The van der Waals surface area contributed by atoms with E-state index in [1.165, 1.54) is 11.0 Å². The molecule has 1 spiro atoms. The van der Waals surface area contributed by atoms with Crippen LogP contribution < -0.4 is 4.90 Å². The van der Waals surface area contributed by atoms with Gasteiger partial charge in [-0.2, -0.15) is 0 Å². The molecular formula is C17H21F2N3O2. The van der Waals surface area contributed by atoms with Crippen molar-refractivity contribution in [3.63, 3.8) is 0 Å². The fourth-order valence-corrected chi connectivity index (χ4v) is 3.58. The number of carbonyl (C=O) groups is 2. The number of benzene rings is 1. The Labute approximate surface area is 139 Å². The van der Waals surface area contributed by atoms with Crippen LogP contribution >= 0.6 is 0 Å². The van der Waals surface area contributed by atoms with E-state index in [-0.39, 0.29) is 17.2 Å². The Morgan fingerprint density at radius 3 is 2.67 bits per heavy atom. The summed E-state index contributed by atoms with van der Waals surface area (Å²) >= 11 is 0. The van der Waals surface area contributed by atoms with Crippen molar-refractivity contribution >= 4 is 17.5 Å². The van der Waals surface area contributed by atoms with Crippen molar-refractivity contribution in [3.8, 4) is 0 Å². The number of amides is 2. The maximum Gasteiger partial charge on any atom is 0.236 e. The second kappa shape index (κ2) is 6.12. The van der Waals surface area contributed by atoms with Crippen molar-refractivity contribution in [1.29, 1.82) is 0 Å². The lowest BCUT2D eigenvalue weighted by atomic mass is 9.86. The van der Waals surface area contributed by atoms with Gasteiger partial charge < -0.3 is 14.7 Å². The Hall–Kier alpha value is -2.02. The molecule has 0 bridgehead atoms. The molecule has 0 unspecified atom stereocenters. The first-order valence-electron chi connectivity index (χ1n) is 7.98. The van der Waals surface area contributed by atoms with Crippen molar-refractivity contribution in [2.75, 3.05) is 45.2 Å². The molecule has 0 radical (unpaired) electrons. The Balaban J connectivity index is 1.73. The molecule has 0 aromatic heterocycles. The summed E-state index contributed by atoms with van der Waals surface area (Å²) in [6.45, 7) is 1.94. The number of rotatable bonds is 3. The Kier molecular flexibility index (Phi) is 4.29. The summed E-state index contributed by atoms with van der Waals surface area (Å²) < 4.78 is 26.5. The summed E-state index contributed by atoms with van der Waals surface area (Å²) in [5.41, 5.74) is 0.0815. The van der Waals surface area contributed by atoms with Crippen molar-refractivity contribution in [3.05, 3.63) is 29.8 Å². The highest BCUT2D eigenvalue weighted by atomic mass is 19.2. The fraction of sp³-hybridized carbons (Fsp3) is 0.529. The summed E-state index contributed by atoms with van der Waals surface area (Å²) in [4.78, 5) is 29.7. The largest absolute Gasteiger partial charge is 0.341 e. The summed E-state index contributed by atoms with van der Waals surface area (Å²) in [6.07, 6.45) is 1.08. The number of likely N-dealkylation sites (N-methyl/N-ethyl adjacent to an activating group) is 1. The SMILES string of the molecule is CN(C)CC(=O)N1CC[C@]2(CC(=O)N(c3ccc(F)c(F)c3)C2)C1. The number of halogens is 2. The van der Waals surface area contributed by atoms with Crippen LogP contribution in [-0.2, 0) is 9.59 Å². The van der Waals surface area contributed by atoms with Crippen molar-refractivity contribution in [2.45, 2.75) is 12.8 Å². The molecule has 5 nitrogen and oxygen atoms in total. The van der Waals surface area contributed by atoms with Gasteiger partial charge in [0.1, 0.15) is 0 Å². The van der Waals surface area contributed by atoms with Gasteiger partial charge in [-0.3, -0.25) is 9.59 Å². The van der Waals surface area contributed by atoms with E-state index in [0.29, 0.717) is 38.3 Å². The first-order chi connectivity index (χ1) is 11.3. The molecule has 1 atom stereocenters. The lowest BCUT2D eigenvalue weighted by Crippen LogP contribution is -2.38. The van der Waals surface area contributed by atoms with Gasteiger partial charge in [-0.25, -0.2) is 8.78 Å². The number of likely N-dealkylation sites (tertiary alicyclic amines) is 1. The second-order valence-electron chi connectivity index (χ2n) is 7.06. The maximum atomic E-state index is 13.4. The first kappa shape index (κ1) is 16.8. The van der Waals surface area contributed by atoms with Crippen LogP contribution in [0.5, 0.6) is 0 Å². The maximum absolute atomic E-state index is 13.4. The third kappa shape index (κ3) is 3.13. The minimum Gasteiger partial charge on any atom is -0.341 e. The number of nitrogens with zero attached hydrogens (tertiary/aromatic N) is 3. The summed E-state index contributed by atoms with van der Waals surface area (Å²) in [5.74, 6) is -1.95. The van der Waals surface area contributed by atoms with Crippen LogP contribution in [-0.4, -0.2) is 61.9 Å². The molecule has 0 N–H and O–H groups in total. The molecule has 1 aromatic rings.